The van der Waals surface area contributed by atoms with Crippen LogP contribution >= 0.6 is 0 Å². The maximum Gasteiger partial charge on any atom is 0.408 e. The number of nitrogens with one attached hydrogen (secondary N) is 2. The lowest BCUT2D eigenvalue weighted by Gasteiger charge is -2.34. The van der Waals surface area contributed by atoms with Gasteiger partial charge >= 0.3 is 6.09 Å². The third kappa shape index (κ3) is 9.56. The molecule has 0 aromatic heterocycles. The van der Waals surface area contributed by atoms with E-state index in [4.69, 9.17) is 4.74 Å². The number of nitrogens with zero attached hydrogens (tertiary/aromatic N) is 1. The van der Waals surface area contributed by atoms with E-state index < -0.39 is 23.8 Å². The third-order valence-corrected chi connectivity index (χ3v) is 5.96. The van der Waals surface area contributed by atoms with Gasteiger partial charge < -0.3 is 20.3 Å². The smallest absolute Gasteiger partial charge is 0.408 e. The number of aryl methyl sites for hydroxylation is 2. The maximum atomic E-state index is 13.8. The minimum Gasteiger partial charge on any atom is -0.444 e. The quantitative estimate of drug-likeness (QED) is 0.348. The molecule has 0 saturated carbocycles. The van der Waals surface area contributed by atoms with Crippen molar-refractivity contribution in [3.63, 3.8) is 0 Å². The zero-order valence-electron chi connectivity index (χ0n) is 23.4. The van der Waals surface area contributed by atoms with Crippen LogP contribution in [-0.2, 0) is 14.3 Å². The minimum atomic E-state index is -0.875. The van der Waals surface area contributed by atoms with Gasteiger partial charge in [-0.2, -0.15) is 0 Å². The van der Waals surface area contributed by atoms with Crippen LogP contribution in [0, 0.1) is 13.8 Å². The fraction of sp³-hybridized carbons (Fsp3) is 0.500. The van der Waals surface area contributed by atoms with Gasteiger partial charge in [-0.3, -0.25) is 9.59 Å². The molecule has 2 atom stereocenters. The van der Waals surface area contributed by atoms with Gasteiger partial charge in [-0.1, -0.05) is 74.2 Å². The zero-order chi connectivity index (χ0) is 27.6. The summed E-state index contributed by atoms with van der Waals surface area (Å²) < 4.78 is 5.35. The molecule has 0 fully saturated rings. The summed E-state index contributed by atoms with van der Waals surface area (Å²) in [6, 6.07) is 13.5. The van der Waals surface area contributed by atoms with Gasteiger partial charge in [-0.05, 0) is 65.2 Å². The Bertz CT molecular complexity index is 1060. The number of ether oxygens (including phenoxy) is 1. The summed E-state index contributed by atoms with van der Waals surface area (Å²) in [6.45, 7) is 13.3. The van der Waals surface area contributed by atoms with E-state index in [1.165, 1.54) is 0 Å². The first-order chi connectivity index (χ1) is 17.4. The molecule has 2 rings (SSSR count). The lowest BCUT2D eigenvalue weighted by atomic mass is 10.00. The molecule has 0 radical (unpaired) electrons. The molecule has 37 heavy (non-hydrogen) atoms. The van der Waals surface area contributed by atoms with E-state index in [-0.39, 0.29) is 11.8 Å². The Balaban J connectivity index is 2.43. The second-order valence-corrected chi connectivity index (χ2v) is 10.6. The van der Waals surface area contributed by atoms with E-state index in [9.17, 15) is 14.4 Å². The van der Waals surface area contributed by atoms with Crippen molar-refractivity contribution in [3.05, 3.63) is 65.2 Å². The van der Waals surface area contributed by atoms with Crippen molar-refractivity contribution in [2.75, 3.05) is 11.9 Å². The van der Waals surface area contributed by atoms with Crippen molar-refractivity contribution in [1.82, 2.24) is 10.2 Å². The Morgan fingerprint density at radius 1 is 0.973 bits per heavy atom. The number of alkyl carbamates (subject to hydrolysis) is 1. The average molecular weight is 510 g/mol. The third-order valence-electron chi connectivity index (χ3n) is 5.96. The molecule has 0 aliphatic carbocycles. The first-order valence-corrected chi connectivity index (χ1v) is 13.2. The summed E-state index contributed by atoms with van der Waals surface area (Å²) in [5, 5.41) is 5.68. The topological polar surface area (TPSA) is 87.7 Å². The lowest BCUT2D eigenvalue weighted by Crippen LogP contribution is -2.51. The number of rotatable bonds is 11. The Morgan fingerprint density at radius 3 is 2.30 bits per heavy atom. The molecule has 0 spiro atoms. The summed E-state index contributed by atoms with van der Waals surface area (Å²) >= 11 is 0. The fourth-order valence-corrected chi connectivity index (χ4v) is 4.10. The first-order valence-electron chi connectivity index (χ1n) is 13.2. The van der Waals surface area contributed by atoms with Crippen molar-refractivity contribution >= 4 is 23.6 Å². The highest BCUT2D eigenvalue weighted by atomic mass is 16.6. The van der Waals surface area contributed by atoms with E-state index >= 15 is 0 Å². The number of carbonyl (C=O) groups excluding carboxylic acids is 3. The molecule has 7 nitrogen and oxygen atoms in total. The molecular formula is C30H43N3O4. The van der Waals surface area contributed by atoms with Crippen LogP contribution < -0.4 is 10.6 Å². The summed E-state index contributed by atoms with van der Waals surface area (Å²) in [4.78, 5) is 41.6. The molecule has 202 valence electrons. The number of carbonyl (C=O) groups is 3. The molecule has 2 unspecified atom stereocenters. The minimum absolute atomic E-state index is 0.298. The number of hydrogen-bond acceptors (Lipinski definition) is 4. The normalized spacial score (nSPS) is 12.8. The van der Waals surface area contributed by atoms with Crippen LogP contribution in [0.1, 0.15) is 83.0 Å². The van der Waals surface area contributed by atoms with Crippen LogP contribution in [0.4, 0.5) is 10.5 Å². The second kappa shape index (κ2) is 13.8. The number of amides is 3. The van der Waals surface area contributed by atoms with Crippen molar-refractivity contribution in [3.8, 4) is 0 Å². The predicted octanol–water partition coefficient (Wildman–Crippen LogP) is 6.31. The molecule has 0 heterocycles. The monoisotopic (exact) mass is 509 g/mol. The van der Waals surface area contributed by atoms with E-state index in [1.54, 1.807) is 32.6 Å². The number of unbranched alkanes of at least 4 members (excludes halogenated alkanes) is 3. The molecule has 2 aromatic rings. The van der Waals surface area contributed by atoms with Gasteiger partial charge in [0.15, 0.2) is 0 Å². The van der Waals surface area contributed by atoms with Crippen LogP contribution in [-0.4, -0.2) is 41.0 Å². The van der Waals surface area contributed by atoms with Gasteiger partial charge in [0.1, 0.15) is 17.7 Å². The number of hydrogen-bond donors (Lipinski definition) is 2. The van der Waals surface area contributed by atoms with Gasteiger partial charge in [-0.25, -0.2) is 4.79 Å². The van der Waals surface area contributed by atoms with E-state index in [2.05, 4.69) is 17.6 Å². The largest absolute Gasteiger partial charge is 0.444 e. The molecule has 3 amide bonds. The molecule has 0 aliphatic rings. The van der Waals surface area contributed by atoms with Gasteiger partial charge in [0, 0.05) is 12.2 Å². The first kappa shape index (κ1) is 29.9. The van der Waals surface area contributed by atoms with Crippen molar-refractivity contribution < 1.29 is 19.1 Å². The van der Waals surface area contributed by atoms with Crippen LogP contribution in [0.5, 0.6) is 0 Å². The number of para-hydroxylation sites is 1. The van der Waals surface area contributed by atoms with Crippen LogP contribution in [0.2, 0.25) is 0 Å². The van der Waals surface area contributed by atoms with Crippen molar-refractivity contribution in [2.24, 2.45) is 0 Å². The highest BCUT2D eigenvalue weighted by Gasteiger charge is 2.34. The van der Waals surface area contributed by atoms with Gasteiger partial charge in [0.05, 0.1) is 0 Å². The van der Waals surface area contributed by atoms with Gasteiger partial charge in [0.25, 0.3) is 5.91 Å². The summed E-state index contributed by atoms with van der Waals surface area (Å²) in [5.41, 5.74) is 2.65. The molecule has 2 aromatic carbocycles. The molecule has 2 N–H and O–H groups in total. The van der Waals surface area contributed by atoms with Gasteiger partial charge in [-0.15, -0.1) is 0 Å². The van der Waals surface area contributed by atoms with E-state index in [1.807, 2.05) is 62.4 Å². The molecule has 0 saturated heterocycles. The van der Waals surface area contributed by atoms with Crippen LogP contribution in [0.3, 0.4) is 0 Å². The van der Waals surface area contributed by atoms with Crippen LogP contribution in [0.15, 0.2) is 48.5 Å². The highest BCUT2D eigenvalue weighted by Crippen LogP contribution is 2.27. The summed E-state index contributed by atoms with van der Waals surface area (Å²) in [5.74, 6) is -0.637. The van der Waals surface area contributed by atoms with E-state index in [0.29, 0.717) is 12.2 Å². The molecule has 0 aliphatic heterocycles. The Labute approximate surface area is 222 Å². The van der Waals surface area contributed by atoms with Crippen LogP contribution in [0.25, 0.3) is 0 Å². The predicted molar refractivity (Wildman–Crippen MR) is 148 cm³/mol. The summed E-state index contributed by atoms with van der Waals surface area (Å²) in [6.07, 6.45) is 3.11. The standard InChI is InChI=1S/C30H43N3O4/c1-8-9-10-13-19-33(28(35)23(4)31-29(36)37-30(5,6)7)26(24-17-14-15-21(2)20-24)27(34)32-25-18-12-11-16-22(25)3/h11-12,14-18,20,23,26H,8-10,13,19H2,1-7H3,(H,31,36)(H,32,34). The molecule has 0 bridgehead atoms. The molecular weight excluding hydrogens is 466 g/mol. The number of anilines is 1. The molecule has 7 heteroatoms. The second-order valence-electron chi connectivity index (χ2n) is 10.6. The SMILES string of the molecule is CCCCCCN(C(=O)C(C)NC(=O)OC(C)(C)C)C(C(=O)Nc1ccccc1C)c1cccc(C)c1. The zero-order valence-corrected chi connectivity index (χ0v) is 23.4. The van der Waals surface area contributed by atoms with Crippen molar-refractivity contribution in [2.45, 2.75) is 91.8 Å². The Kier molecular flexibility index (Phi) is 11.2. The van der Waals surface area contributed by atoms with Gasteiger partial charge in [0.2, 0.25) is 5.91 Å². The van der Waals surface area contributed by atoms with E-state index in [0.717, 1.165) is 42.4 Å². The fourth-order valence-electron chi connectivity index (χ4n) is 4.10. The maximum absolute atomic E-state index is 13.8. The lowest BCUT2D eigenvalue weighted by molar-refractivity contribution is -0.140. The highest BCUT2D eigenvalue weighted by molar-refractivity contribution is 5.99. The Hall–Kier alpha value is -3.35. The number of benzene rings is 2. The van der Waals surface area contributed by atoms with Crippen molar-refractivity contribution in [1.29, 1.82) is 0 Å². The summed E-state index contributed by atoms with van der Waals surface area (Å²) in [7, 11) is 0. The Morgan fingerprint density at radius 2 is 1.68 bits per heavy atom. The average Bonchev–Trinajstić information content (AvgIpc) is 2.80.